The molecule has 0 radical (unpaired) electrons. The van der Waals surface area contributed by atoms with Gasteiger partial charge in [0.05, 0.1) is 12.9 Å². The van der Waals surface area contributed by atoms with Gasteiger partial charge in [-0.2, -0.15) is 0 Å². The van der Waals surface area contributed by atoms with Crippen molar-refractivity contribution in [2.75, 3.05) is 6.61 Å². The molecule has 0 amide bonds. The number of hydrogen-bond donors (Lipinski definition) is 1. The molecule has 2 heterocycles. The number of aromatic nitrogens is 1. The molecule has 2 aromatic heterocycles. The lowest BCUT2D eigenvalue weighted by molar-refractivity contribution is 0.331. The first-order valence-corrected chi connectivity index (χ1v) is 9.29. The predicted molar refractivity (Wildman–Crippen MR) is 93.6 cm³/mol. The first kappa shape index (κ1) is 17.2. The lowest BCUT2D eigenvalue weighted by Crippen LogP contribution is -2.24. The largest absolute Gasteiger partial charge is 0.492 e. The molecule has 0 aliphatic heterocycles. The zero-order chi connectivity index (χ0) is 17.7. The second kappa shape index (κ2) is 7.50. The zero-order valence-corrected chi connectivity index (χ0v) is 14.5. The van der Waals surface area contributed by atoms with Crippen molar-refractivity contribution in [3.8, 4) is 17.2 Å². The minimum absolute atomic E-state index is 0.0899. The zero-order valence-electron chi connectivity index (χ0n) is 13.7. The fourth-order valence-corrected chi connectivity index (χ4v) is 3.56. The van der Waals surface area contributed by atoms with Crippen molar-refractivity contribution >= 4 is 10.0 Å². The van der Waals surface area contributed by atoms with Crippen LogP contribution in [0.3, 0.4) is 0 Å². The first-order chi connectivity index (χ1) is 12.1. The Hall–Kier alpha value is -2.64. The summed E-state index contributed by atoms with van der Waals surface area (Å²) in [6.07, 6.45) is 3.19. The highest BCUT2D eigenvalue weighted by Gasteiger charge is 2.20. The van der Waals surface area contributed by atoms with Crippen LogP contribution in [0.5, 0.6) is 5.75 Å². The average molecular weight is 358 g/mol. The number of nitrogens with zero attached hydrogens (tertiary/aromatic N) is 1. The summed E-state index contributed by atoms with van der Waals surface area (Å²) in [5.74, 6) is 0.916. The van der Waals surface area contributed by atoms with E-state index in [4.69, 9.17) is 9.15 Å². The number of para-hydroxylation sites is 1. The van der Waals surface area contributed by atoms with Gasteiger partial charge in [-0.05, 0) is 42.8 Å². The molecule has 0 aliphatic rings. The maximum Gasteiger partial charge on any atom is 0.244 e. The molecular formula is C18H18N2O4S. The normalized spacial score (nSPS) is 11.4. The lowest BCUT2D eigenvalue weighted by Gasteiger charge is -2.12. The van der Waals surface area contributed by atoms with Crippen molar-refractivity contribution in [1.29, 1.82) is 0 Å². The highest BCUT2D eigenvalue weighted by molar-refractivity contribution is 7.89. The lowest BCUT2D eigenvalue weighted by atomic mass is 10.1. The van der Waals surface area contributed by atoms with Crippen LogP contribution in [0.1, 0.15) is 12.5 Å². The summed E-state index contributed by atoms with van der Waals surface area (Å²) >= 11 is 0. The van der Waals surface area contributed by atoms with Crippen molar-refractivity contribution in [2.24, 2.45) is 0 Å². The maximum atomic E-state index is 12.7. The number of sulfonamides is 1. The number of rotatable bonds is 7. The minimum atomic E-state index is -3.73. The molecule has 1 N–H and O–H groups in total. The molecule has 0 saturated carbocycles. The molecule has 0 unspecified atom stereocenters. The van der Waals surface area contributed by atoms with Crippen LogP contribution in [-0.4, -0.2) is 20.0 Å². The van der Waals surface area contributed by atoms with E-state index in [2.05, 4.69) is 9.71 Å². The third kappa shape index (κ3) is 3.89. The van der Waals surface area contributed by atoms with Gasteiger partial charge in [-0.25, -0.2) is 13.1 Å². The van der Waals surface area contributed by atoms with Crippen LogP contribution in [0.2, 0.25) is 0 Å². The van der Waals surface area contributed by atoms with E-state index in [-0.39, 0.29) is 11.4 Å². The van der Waals surface area contributed by atoms with Gasteiger partial charge in [0.2, 0.25) is 10.0 Å². The van der Waals surface area contributed by atoms with E-state index in [9.17, 15) is 8.42 Å². The summed E-state index contributed by atoms with van der Waals surface area (Å²) in [6.45, 7) is 2.28. The highest BCUT2D eigenvalue weighted by Crippen LogP contribution is 2.25. The molecule has 0 bridgehead atoms. The minimum Gasteiger partial charge on any atom is -0.492 e. The van der Waals surface area contributed by atoms with Crippen molar-refractivity contribution in [3.05, 3.63) is 66.6 Å². The molecule has 0 atom stereocenters. The number of benzene rings is 1. The van der Waals surface area contributed by atoms with Crippen molar-refractivity contribution in [3.63, 3.8) is 0 Å². The average Bonchev–Trinajstić information content (AvgIpc) is 3.15. The third-order valence-electron chi connectivity index (χ3n) is 3.54. The Labute approximate surface area is 146 Å². The van der Waals surface area contributed by atoms with Crippen LogP contribution in [-0.2, 0) is 16.6 Å². The van der Waals surface area contributed by atoms with Gasteiger partial charge in [0, 0.05) is 12.7 Å². The number of ether oxygens (including phenoxy) is 1. The van der Waals surface area contributed by atoms with Gasteiger partial charge < -0.3 is 9.15 Å². The first-order valence-electron chi connectivity index (χ1n) is 7.81. The number of nitrogens with one attached hydrogen (secondary N) is 1. The van der Waals surface area contributed by atoms with Crippen molar-refractivity contribution in [1.82, 2.24) is 9.71 Å². The van der Waals surface area contributed by atoms with Crippen LogP contribution < -0.4 is 9.46 Å². The molecule has 130 valence electrons. The second-order valence-electron chi connectivity index (χ2n) is 5.19. The quantitative estimate of drug-likeness (QED) is 0.701. The Morgan fingerprint density at radius 3 is 2.72 bits per heavy atom. The Bertz CT molecular complexity index is 937. The van der Waals surface area contributed by atoms with E-state index in [0.29, 0.717) is 23.8 Å². The third-order valence-corrected chi connectivity index (χ3v) is 4.98. The standard InChI is InChI=1S/C18H18N2O4S/c1-2-23-15-8-3-4-10-17(15)25(21,22)20-13-14-7-5-11-19-18(14)16-9-6-12-24-16/h3-12,20H,2,13H2,1H3. The number of hydrogen-bond acceptors (Lipinski definition) is 5. The summed E-state index contributed by atoms with van der Waals surface area (Å²) < 4.78 is 38.7. The van der Waals surface area contributed by atoms with E-state index in [1.807, 2.05) is 13.0 Å². The monoisotopic (exact) mass is 358 g/mol. The summed E-state index contributed by atoms with van der Waals surface area (Å²) in [4.78, 5) is 4.40. The van der Waals surface area contributed by atoms with Gasteiger partial charge in [-0.3, -0.25) is 4.98 Å². The van der Waals surface area contributed by atoms with Gasteiger partial charge in [0.25, 0.3) is 0 Å². The Balaban J connectivity index is 1.85. The van der Waals surface area contributed by atoms with Gasteiger partial charge >= 0.3 is 0 Å². The Morgan fingerprint density at radius 1 is 1.12 bits per heavy atom. The van der Waals surface area contributed by atoms with Crippen LogP contribution in [0.25, 0.3) is 11.5 Å². The predicted octanol–water partition coefficient (Wildman–Crippen LogP) is 3.22. The molecule has 3 rings (SSSR count). The van der Waals surface area contributed by atoms with Crippen molar-refractivity contribution in [2.45, 2.75) is 18.4 Å². The highest BCUT2D eigenvalue weighted by atomic mass is 32.2. The molecule has 0 saturated heterocycles. The fraction of sp³-hybridized carbons (Fsp3) is 0.167. The van der Waals surface area contributed by atoms with E-state index in [1.54, 1.807) is 48.9 Å². The van der Waals surface area contributed by atoms with Crippen LogP contribution in [0.15, 0.2) is 70.3 Å². The molecule has 25 heavy (non-hydrogen) atoms. The van der Waals surface area contributed by atoms with Gasteiger partial charge in [-0.15, -0.1) is 0 Å². The van der Waals surface area contributed by atoms with E-state index in [0.717, 1.165) is 5.56 Å². The summed E-state index contributed by atoms with van der Waals surface area (Å²) in [5.41, 5.74) is 1.32. The molecule has 3 aromatic rings. The SMILES string of the molecule is CCOc1ccccc1S(=O)(=O)NCc1cccnc1-c1ccco1. The van der Waals surface area contributed by atoms with E-state index >= 15 is 0 Å². The molecule has 7 heteroatoms. The smallest absolute Gasteiger partial charge is 0.244 e. The summed E-state index contributed by atoms with van der Waals surface area (Å²) in [6, 6.07) is 13.7. The number of furan rings is 1. The summed E-state index contributed by atoms with van der Waals surface area (Å²) in [7, 11) is -3.73. The molecule has 0 aliphatic carbocycles. The number of pyridine rings is 1. The van der Waals surface area contributed by atoms with Gasteiger partial charge in [0.15, 0.2) is 5.76 Å². The molecular weight excluding hydrogens is 340 g/mol. The maximum absolute atomic E-state index is 12.7. The van der Waals surface area contributed by atoms with Crippen LogP contribution >= 0.6 is 0 Å². The van der Waals surface area contributed by atoms with Crippen LogP contribution in [0.4, 0.5) is 0 Å². The molecule has 0 fully saturated rings. The van der Waals surface area contributed by atoms with Gasteiger partial charge in [0.1, 0.15) is 16.3 Å². The molecule has 1 aromatic carbocycles. The Morgan fingerprint density at radius 2 is 1.96 bits per heavy atom. The van der Waals surface area contributed by atoms with Crippen LogP contribution in [0, 0.1) is 0 Å². The summed E-state index contributed by atoms with van der Waals surface area (Å²) in [5, 5.41) is 0. The van der Waals surface area contributed by atoms with E-state index < -0.39 is 10.0 Å². The molecule has 0 spiro atoms. The van der Waals surface area contributed by atoms with Crippen molar-refractivity contribution < 1.29 is 17.6 Å². The molecule has 6 nitrogen and oxygen atoms in total. The Kier molecular flexibility index (Phi) is 5.16. The second-order valence-corrected chi connectivity index (χ2v) is 6.93. The topological polar surface area (TPSA) is 81.4 Å². The fourth-order valence-electron chi connectivity index (χ4n) is 2.41. The van der Waals surface area contributed by atoms with E-state index in [1.165, 1.54) is 6.07 Å². The van der Waals surface area contributed by atoms with Gasteiger partial charge in [-0.1, -0.05) is 18.2 Å².